The van der Waals surface area contributed by atoms with E-state index in [-0.39, 0.29) is 12.0 Å². The van der Waals surface area contributed by atoms with Gasteiger partial charge in [0, 0.05) is 18.0 Å². The van der Waals surface area contributed by atoms with Crippen LogP contribution in [0.15, 0.2) is 18.2 Å². The maximum absolute atomic E-state index is 11.3. The molecule has 0 amide bonds. The number of esters is 1. The lowest BCUT2D eigenvalue weighted by Gasteiger charge is -2.16. The van der Waals surface area contributed by atoms with Crippen LogP contribution in [-0.4, -0.2) is 19.7 Å². The van der Waals surface area contributed by atoms with Crippen LogP contribution in [0.3, 0.4) is 0 Å². The smallest absolute Gasteiger partial charge is 0.305 e. The van der Waals surface area contributed by atoms with Gasteiger partial charge in [-0.2, -0.15) is 0 Å². The summed E-state index contributed by atoms with van der Waals surface area (Å²) in [5, 5.41) is 0. The van der Waals surface area contributed by atoms with Crippen LogP contribution in [0, 0.1) is 6.92 Å². The SMILES string of the molecule is CCOC(=O)CCCC(N)c1cc(C)ccc1OC. The van der Waals surface area contributed by atoms with Crippen LogP contribution in [0.4, 0.5) is 0 Å². The highest BCUT2D eigenvalue weighted by Gasteiger charge is 2.13. The molecule has 1 unspecified atom stereocenters. The molecule has 19 heavy (non-hydrogen) atoms. The van der Waals surface area contributed by atoms with Gasteiger partial charge in [-0.05, 0) is 32.8 Å². The fraction of sp³-hybridized carbons (Fsp3) is 0.533. The number of nitrogens with two attached hydrogens (primary N) is 1. The summed E-state index contributed by atoms with van der Waals surface area (Å²) < 4.78 is 10.2. The van der Waals surface area contributed by atoms with Crippen LogP contribution in [0.5, 0.6) is 5.75 Å². The fourth-order valence-electron chi connectivity index (χ4n) is 2.00. The Labute approximate surface area is 114 Å². The second-order valence-electron chi connectivity index (χ2n) is 4.55. The number of carbonyl (C=O) groups is 1. The van der Waals surface area contributed by atoms with E-state index in [9.17, 15) is 4.79 Å². The van der Waals surface area contributed by atoms with Crippen molar-refractivity contribution in [3.63, 3.8) is 0 Å². The molecular formula is C15H23NO3. The summed E-state index contributed by atoms with van der Waals surface area (Å²) in [7, 11) is 1.64. The van der Waals surface area contributed by atoms with Crippen LogP contribution >= 0.6 is 0 Å². The number of benzene rings is 1. The minimum absolute atomic E-state index is 0.121. The monoisotopic (exact) mass is 265 g/mol. The van der Waals surface area contributed by atoms with E-state index in [0.29, 0.717) is 13.0 Å². The average Bonchev–Trinajstić information content (AvgIpc) is 2.38. The van der Waals surface area contributed by atoms with E-state index >= 15 is 0 Å². The Morgan fingerprint density at radius 1 is 1.42 bits per heavy atom. The first-order valence-electron chi connectivity index (χ1n) is 6.64. The third kappa shape index (κ3) is 4.91. The van der Waals surface area contributed by atoms with E-state index in [4.69, 9.17) is 15.2 Å². The number of ether oxygens (including phenoxy) is 2. The van der Waals surface area contributed by atoms with Crippen LogP contribution in [0.2, 0.25) is 0 Å². The summed E-state index contributed by atoms with van der Waals surface area (Å²) in [6.07, 6.45) is 1.87. The van der Waals surface area contributed by atoms with Gasteiger partial charge in [0.1, 0.15) is 5.75 Å². The Hall–Kier alpha value is -1.55. The van der Waals surface area contributed by atoms with Gasteiger partial charge in [-0.1, -0.05) is 17.7 Å². The van der Waals surface area contributed by atoms with Crippen LogP contribution in [0.1, 0.15) is 43.4 Å². The van der Waals surface area contributed by atoms with Gasteiger partial charge < -0.3 is 15.2 Å². The van der Waals surface area contributed by atoms with Gasteiger partial charge in [-0.3, -0.25) is 4.79 Å². The number of aryl methyl sites for hydroxylation is 1. The largest absolute Gasteiger partial charge is 0.496 e. The predicted octanol–water partition coefficient (Wildman–Crippen LogP) is 2.74. The normalized spacial score (nSPS) is 12.0. The van der Waals surface area contributed by atoms with E-state index < -0.39 is 0 Å². The van der Waals surface area contributed by atoms with Crippen molar-refractivity contribution in [1.82, 2.24) is 0 Å². The van der Waals surface area contributed by atoms with Gasteiger partial charge in [0.25, 0.3) is 0 Å². The Kier molecular flexibility index (Phi) is 6.36. The number of hydrogen-bond donors (Lipinski definition) is 1. The highest BCUT2D eigenvalue weighted by atomic mass is 16.5. The Balaban J connectivity index is 2.55. The summed E-state index contributed by atoms with van der Waals surface area (Å²) in [6.45, 7) is 4.26. The van der Waals surface area contributed by atoms with Gasteiger partial charge in [-0.15, -0.1) is 0 Å². The molecule has 106 valence electrons. The summed E-state index contributed by atoms with van der Waals surface area (Å²) in [5.41, 5.74) is 8.31. The van der Waals surface area contributed by atoms with Crippen molar-refractivity contribution >= 4 is 5.97 Å². The lowest BCUT2D eigenvalue weighted by molar-refractivity contribution is -0.143. The first kappa shape index (κ1) is 15.5. The molecule has 1 rings (SSSR count). The standard InChI is InChI=1S/C15H23NO3/c1-4-19-15(17)7-5-6-13(16)12-10-11(2)8-9-14(12)18-3/h8-10,13H,4-7,16H2,1-3H3. The number of methoxy groups -OCH3 is 1. The lowest BCUT2D eigenvalue weighted by Crippen LogP contribution is -2.13. The average molecular weight is 265 g/mol. The van der Waals surface area contributed by atoms with E-state index in [1.54, 1.807) is 14.0 Å². The molecule has 0 radical (unpaired) electrons. The summed E-state index contributed by atoms with van der Waals surface area (Å²) in [5.74, 6) is 0.639. The number of rotatable bonds is 7. The number of carbonyl (C=O) groups excluding carboxylic acids is 1. The molecule has 4 heteroatoms. The molecule has 0 spiro atoms. The molecule has 2 N–H and O–H groups in total. The van der Waals surface area contributed by atoms with Crippen molar-refractivity contribution in [2.24, 2.45) is 5.73 Å². The van der Waals surface area contributed by atoms with Gasteiger partial charge in [-0.25, -0.2) is 0 Å². The molecule has 1 atom stereocenters. The quantitative estimate of drug-likeness (QED) is 0.770. The van der Waals surface area contributed by atoms with E-state index in [2.05, 4.69) is 0 Å². The summed E-state index contributed by atoms with van der Waals surface area (Å²) in [4.78, 5) is 11.3. The van der Waals surface area contributed by atoms with Crippen LogP contribution < -0.4 is 10.5 Å². The van der Waals surface area contributed by atoms with Gasteiger partial charge in [0.05, 0.1) is 13.7 Å². The lowest BCUT2D eigenvalue weighted by atomic mass is 9.99. The molecule has 0 saturated heterocycles. The van der Waals surface area contributed by atoms with Crippen LogP contribution in [-0.2, 0) is 9.53 Å². The molecule has 0 aromatic heterocycles. The van der Waals surface area contributed by atoms with Crippen molar-refractivity contribution in [3.05, 3.63) is 29.3 Å². The Bertz CT molecular complexity index is 418. The highest BCUT2D eigenvalue weighted by Crippen LogP contribution is 2.27. The molecule has 0 aliphatic rings. The topological polar surface area (TPSA) is 61.5 Å². The van der Waals surface area contributed by atoms with Gasteiger partial charge in [0.15, 0.2) is 0 Å². The molecule has 0 fully saturated rings. The summed E-state index contributed by atoms with van der Waals surface area (Å²) in [6, 6.07) is 5.83. The zero-order chi connectivity index (χ0) is 14.3. The summed E-state index contributed by atoms with van der Waals surface area (Å²) >= 11 is 0. The van der Waals surface area contributed by atoms with Gasteiger partial charge in [0.2, 0.25) is 0 Å². The molecule has 4 nitrogen and oxygen atoms in total. The van der Waals surface area contributed by atoms with E-state index in [1.807, 2.05) is 25.1 Å². The molecular weight excluding hydrogens is 242 g/mol. The maximum Gasteiger partial charge on any atom is 0.305 e. The predicted molar refractivity (Wildman–Crippen MR) is 75.1 cm³/mol. The van der Waals surface area contributed by atoms with Gasteiger partial charge >= 0.3 is 5.97 Å². The van der Waals surface area contributed by atoms with E-state index in [0.717, 1.165) is 29.7 Å². The Morgan fingerprint density at radius 2 is 2.16 bits per heavy atom. The molecule has 0 aliphatic heterocycles. The molecule has 0 saturated carbocycles. The maximum atomic E-state index is 11.3. The second-order valence-corrected chi connectivity index (χ2v) is 4.55. The zero-order valence-corrected chi connectivity index (χ0v) is 11.9. The van der Waals surface area contributed by atoms with Crippen molar-refractivity contribution < 1.29 is 14.3 Å². The first-order chi connectivity index (χ1) is 9.08. The molecule has 1 aromatic carbocycles. The first-order valence-corrected chi connectivity index (χ1v) is 6.64. The molecule has 0 heterocycles. The van der Waals surface area contributed by atoms with Crippen molar-refractivity contribution in [2.75, 3.05) is 13.7 Å². The fourth-order valence-corrected chi connectivity index (χ4v) is 2.00. The zero-order valence-electron chi connectivity index (χ0n) is 11.9. The second kappa shape index (κ2) is 7.79. The molecule has 0 aliphatic carbocycles. The highest BCUT2D eigenvalue weighted by molar-refractivity contribution is 5.69. The minimum atomic E-state index is -0.161. The third-order valence-electron chi connectivity index (χ3n) is 2.99. The van der Waals surface area contributed by atoms with Crippen molar-refractivity contribution in [1.29, 1.82) is 0 Å². The molecule has 1 aromatic rings. The number of hydrogen-bond acceptors (Lipinski definition) is 4. The molecule has 0 bridgehead atoms. The van der Waals surface area contributed by atoms with Crippen molar-refractivity contribution in [3.8, 4) is 5.75 Å². The third-order valence-corrected chi connectivity index (χ3v) is 2.99. The van der Waals surface area contributed by atoms with Crippen molar-refractivity contribution in [2.45, 2.75) is 39.2 Å². The minimum Gasteiger partial charge on any atom is -0.496 e. The van der Waals surface area contributed by atoms with Crippen LogP contribution in [0.25, 0.3) is 0 Å². The van der Waals surface area contributed by atoms with E-state index in [1.165, 1.54) is 0 Å². The Morgan fingerprint density at radius 3 is 2.79 bits per heavy atom.